The van der Waals surface area contributed by atoms with Crippen molar-refractivity contribution in [1.82, 2.24) is 10.2 Å². The van der Waals surface area contributed by atoms with Crippen LogP contribution < -0.4 is 11.1 Å². The molecule has 0 aliphatic heterocycles. The average Bonchev–Trinajstić information content (AvgIpc) is 2.29. The second kappa shape index (κ2) is 6.78. The number of amides is 2. The first-order valence-electron chi connectivity index (χ1n) is 5.97. The van der Waals surface area contributed by atoms with E-state index < -0.39 is 0 Å². The molecule has 0 unspecified atom stereocenters. The third-order valence-electron chi connectivity index (χ3n) is 2.52. The van der Waals surface area contributed by atoms with E-state index in [0.29, 0.717) is 6.54 Å². The highest BCUT2D eigenvalue weighted by molar-refractivity contribution is 5.73. The first-order valence-corrected chi connectivity index (χ1v) is 5.97. The van der Waals surface area contributed by atoms with Gasteiger partial charge in [0, 0.05) is 25.8 Å². The number of nitrogen functional groups attached to an aromatic ring is 1. The molecule has 2 amide bonds. The maximum absolute atomic E-state index is 11.7. The van der Waals surface area contributed by atoms with Crippen molar-refractivity contribution in [3.63, 3.8) is 0 Å². The minimum atomic E-state index is -0.0409. The minimum absolute atomic E-state index is 0.0409. The van der Waals surface area contributed by atoms with Gasteiger partial charge in [-0.3, -0.25) is 0 Å². The van der Waals surface area contributed by atoms with E-state index in [0.717, 1.165) is 30.6 Å². The normalized spacial score (nSPS) is 10.0. The molecule has 1 aromatic rings. The third kappa shape index (κ3) is 4.76. The highest BCUT2D eigenvalue weighted by atomic mass is 16.2. The van der Waals surface area contributed by atoms with Crippen LogP contribution in [0.25, 0.3) is 0 Å². The molecule has 0 aliphatic carbocycles. The van der Waals surface area contributed by atoms with Gasteiger partial charge in [-0.2, -0.15) is 0 Å². The number of hydrogen-bond acceptors (Lipinski definition) is 2. The second-order valence-corrected chi connectivity index (χ2v) is 4.19. The Morgan fingerprint density at radius 2 is 2.24 bits per heavy atom. The van der Waals surface area contributed by atoms with E-state index >= 15 is 0 Å². The zero-order chi connectivity index (χ0) is 12.7. The molecule has 4 heteroatoms. The van der Waals surface area contributed by atoms with Crippen molar-refractivity contribution in [3.05, 3.63) is 29.8 Å². The van der Waals surface area contributed by atoms with Crippen LogP contribution in [0, 0.1) is 0 Å². The van der Waals surface area contributed by atoms with Gasteiger partial charge in [-0.25, -0.2) is 4.79 Å². The molecule has 1 rings (SSSR count). The molecule has 0 atom stereocenters. The molecule has 94 valence electrons. The number of nitrogens with zero attached hydrogens (tertiary/aromatic N) is 1. The van der Waals surface area contributed by atoms with Gasteiger partial charge in [0.05, 0.1) is 0 Å². The summed E-state index contributed by atoms with van der Waals surface area (Å²) in [4.78, 5) is 13.3. The van der Waals surface area contributed by atoms with Gasteiger partial charge in [0.1, 0.15) is 0 Å². The number of unbranched alkanes of at least 4 members (excludes halogenated alkanes) is 1. The molecular formula is C13H21N3O. The van der Waals surface area contributed by atoms with Crippen LogP contribution in [0.3, 0.4) is 0 Å². The summed E-state index contributed by atoms with van der Waals surface area (Å²) in [5.74, 6) is 0. The van der Waals surface area contributed by atoms with E-state index in [1.807, 2.05) is 24.3 Å². The molecule has 0 spiro atoms. The van der Waals surface area contributed by atoms with Crippen LogP contribution in [0.15, 0.2) is 24.3 Å². The quantitative estimate of drug-likeness (QED) is 0.607. The Morgan fingerprint density at radius 3 is 2.88 bits per heavy atom. The number of anilines is 1. The molecule has 0 aliphatic rings. The SMILES string of the molecule is CCCCNC(=O)N(C)Cc1cccc(N)c1. The number of urea groups is 1. The van der Waals surface area contributed by atoms with Crippen LogP contribution in [-0.2, 0) is 6.54 Å². The van der Waals surface area contributed by atoms with Gasteiger partial charge >= 0.3 is 6.03 Å². The summed E-state index contributed by atoms with van der Waals surface area (Å²) in [7, 11) is 1.78. The Hall–Kier alpha value is -1.71. The molecular weight excluding hydrogens is 214 g/mol. The topological polar surface area (TPSA) is 58.4 Å². The Bertz CT molecular complexity index is 365. The van der Waals surface area contributed by atoms with E-state index in [1.54, 1.807) is 11.9 Å². The maximum atomic E-state index is 11.7. The van der Waals surface area contributed by atoms with Gasteiger partial charge in [0.25, 0.3) is 0 Å². The molecule has 3 N–H and O–H groups in total. The van der Waals surface area contributed by atoms with E-state index in [9.17, 15) is 4.79 Å². The molecule has 0 saturated carbocycles. The van der Waals surface area contributed by atoms with Crippen molar-refractivity contribution in [3.8, 4) is 0 Å². The summed E-state index contributed by atoms with van der Waals surface area (Å²) >= 11 is 0. The van der Waals surface area contributed by atoms with E-state index in [1.165, 1.54) is 0 Å². The first-order chi connectivity index (χ1) is 8.13. The zero-order valence-corrected chi connectivity index (χ0v) is 10.6. The largest absolute Gasteiger partial charge is 0.399 e. The van der Waals surface area contributed by atoms with E-state index in [2.05, 4.69) is 12.2 Å². The summed E-state index contributed by atoms with van der Waals surface area (Å²) in [6, 6.07) is 7.54. The van der Waals surface area contributed by atoms with Crippen LogP contribution in [0.4, 0.5) is 10.5 Å². The van der Waals surface area contributed by atoms with Crippen LogP contribution in [0.2, 0.25) is 0 Å². The number of carbonyl (C=O) groups excluding carboxylic acids is 1. The smallest absolute Gasteiger partial charge is 0.317 e. The van der Waals surface area contributed by atoms with E-state index in [4.69, 9.17) is 5.73 Å². The molecule has 17 heavy (non-hydrogen) atoms. The molecule has 4 nitrogen and oxygen atoms in total. The lowest BCUT2D eigenvalue weighted by molar-refractivity contribution is 0.207. The number of nitrogens with one attached hydrogen (secondary N) is 1. The number of benzene rings is 1. The van der Waals surface area contributed by atoms with Crippen LogP contribution in [0.5, 0.6) is 0 Å². The molecule has 0 aromatic heterocycles. The Morgan fingerprint density at radius 1 is 1.47 bits per heavy atom. The van der Waals surface area contributed by atoms with Gasteiger partial charge in [-0.05, 0) is 24.1 Å². The number of nitrogens with two attached hydrogens (primary N) is 1. The van der Waals surface area contributed by atoms with Crippen molar-refractivity contribution in [1.29, 1.82) is 0 Å². The summed E-state index contributed by atoms with van der Waals surface area (Å²) in [6.07, 6.45) is 2.09. The zero-order valence-electron chi connectivity index (χ0n) is 10.6. The molecule has 0 bridgehead atoms. The molecule has 0 radical (unpaired) electrons. The van der Waals surface area contributed by atoms with E-state index in [-0.39, 0.29) is 6.03 Å². The van der Waals surface area contributed by atoms with Crippen molar-refractivity contribution in [2.45, 2.75) is 26.3 Å². The first kappa shape index (κ1) is 13.4. The maximum Gasteiger partial charge on any atom is 0.317 e. The Balaban J connectivity index is 2.43. The van der Waals surface area contributed by atoms with Crippen molar-refractivity contribution < 1.29 is 4.79 Å². The Labute approximate surface area is 103 Å². The van der Waals surface area contributed by atoms with Crippen molar-refractivity contribution in [2.75, 3.05) is 19.3 Å². The fourth-order valence-electron chi connectivity index (χ4n) is 1.54. The standard InChI is InChI=1S/C13H21N3O/c1-3-4-8-15-13(17)16(2)10-11-6-5-7-12(14)9-11/h5-7,9H,3-4,8,10,14H2,1-2H3,(H,15,17). The summed E-state index contributed by atoms with van der Waals surface area (Å²) in [6.45, 7) is 3.40. The van der Waals surface area contributed by atoms with Gasteiger partial charge < -0.3 is 16.0 Å². The lowest BCUT2D eigenvalue weighted by Gasteiger charge is -2.18. The predicted molar refractivity (Wildman–Crippen MR) is 70.6 cm³/mol. The third-order valence-corrected chi connectivity index (χ3v) is 2.52. The van der Waals surface area contributed by atoms with Gasteiger partial charge in [-0.15, -0.1) is 0 Å². The number of carbonyl (C=O) groups is 1. The summed E-state index contributed by atoms with van der Waals surface area (Å²) < 4.78 is 0. The molecule has 0 fully saturated rings. The highest BCUT2D eigenvalue weighted by Crippen LogP contribution is 2.08. The fraction of sp³-hybridized carbons (Fsp3) is 0.462. The number of hydrogen-bond donors (Lipinski definition) is 2. The van der Waals surface area contributed by atoms with Crippen molar-refractivity contribution in [2.24, 2.45) is 0 Å². The second-order valence-electron chi connectivity index (χ2n) is 4.19. The van der Waals surface area contributed by atoms with Crippen LogP contribution in [-0.4, -0.2) is 24.5 Å². The van der Waals surface area contributed by atoms with Gasteiger partial charge in [-0.1, -0.05) is 25.5 Å². The molecule has 1 aromatic carbocycles. The van der Waals surface area contributed by atoms with Crippen LogP contribution in [0.1, 0.15) is 25.3 Å². The lowest BCUT2D eigenvalue weighted by atomic mass is 10.2. The Kier molecular flexibility index (Phi) is 5.33. The van der Waals surface area contributed by atoms with Crippen molar-refractivity contribution >= 4 is 11.7 Å². The average molecular weight is 235 g/mol. The summed E-state index contributed by atoms with van der Waals surface area (Å²) in [5, 5.41) is 2.87. The van der Waals surface area contributed by atoms with Crippen LogP contribution >= 0.6 is 0 Å². The lowest BCUT2D eigenvalue weighted by Crippen LogP contribution is -2.37. The van der Waals surface area contributed by atoms with Gasteiger partial charge in [0.15, 0.2) is 0 Å². The number of rotatable bonds is 5. The van der Waals surface area contributed by atoms with Gasteiger partial charge in [0.2, 0.25) is 0 Å². The molecule has 0 heterocycles. The fourth-order valence-corrected chi connectivity index (χ4v) is 1.54. The predicted octanol–water partition coefficient (Wildman–Crippen LogP) is 2.21. The molecule has 0 saturated heterocycles. The monoisotopic (exact) mass is 235 g/mol. The minimum Gasteiger partial charge on any atom is -0.399 e. The summed E-state index contributed by atoms with van der Waals surface area (Å²) in [5.41, 5.74) is 7.45. The highest BCUT2D eigenvalue weighted by Gasteiger charge is 2.07.